The molecule has 0 unspecified atom stereocenters. The summed E-state index contributed by atoms with van der Waals surface area (Å²) in [7, 11) is 0. The number of ether oxygens (including phenoxy) is 1. The molecule has 2 aromatic rings. The van der Waals surface area contributed by atoms with Crippen LogP contribution in [-0.2, 0) is 16.0 Å². The maximum absolute atomic E-state index is 13.0. The number of aromatic nitrogens is 2. The van der Waals surface area contributed by atoms with E-state index in [-0.39, 0.29) is 24.2 Å². The minimum atomic E-state index is -0.638. The van der Waals surface area contributed by atoms with E-state index in [4.69, 9.17) is 4.74 Å². The van der Waals surface area contributed by atoms with Crippen molar-refractivity contribution in [2.45, 2.75) is 12.8 Å². The van der Waals surface area contributed by atoms with Crippen molar-refractivity contribution in [1.29, 1.82) is 0 Å². The summed E-state index contributed by atoms with van der Waals surface area (Å²) in [5.74, 6) is -0.0961. The molecule has 4 rings (SSSR count). The molecular weight excluding hydrogens is 363 g/mol. The molecule has 2 aliphatic rings. The fourth-order valence-corrected chi connectivity index (χ4v) is 3.95. The molecule has 28 heavy (non-hydrogen) atoms. The van der Waals surface area contributed by atoms with Crippen molar-refractivity contribution < 1.29 is 18.7 Å². The van der Waals surface area contributed by atoms with E-state index in [2.05, 4.69) is 15.3 Å². The topological polar surface area (TPSA) is 84.4 Å². The lowest BCUT2D eigenvalue weighted by Crippen LogP contribution is -2.41. The molecular formula is C20H21FN4O3. The molecule has 2 amide bonds. The average molecular weight is 384 g/mol. The minimum Gasteiger partial charge on any atom is -0.477 e. The molecule has 0 radical (unpaired) electrons. The van der Waals surface area contributed by atoms with Gasteiger partial charge in [0.15, 0.2) is 0 Å². The van der Waals surface area contributed by atoms with Gasteiger partial charge in [0, 0.05) is 43.5 Å². The standard InChI is InChI=1S/C20H21FN4O3/c21-15-4-5-16(23-11-15)9-18(26)25-8-6-20(13-25)14(10-24-19(20)27)12-28-17-3-1-2-7-22-17/h1-5,7,11,14H,6,8-10,12-13H2,(H,24,27)/t14-,20-/m1/s1. The van der Waals surface area contributed by atoms with E-state index in [0.29, 0.717) is 44.2 Å². The van der Waals surface area contributed by atoms with Crippen molar-refractivity contribution in [3.63, 3.8) is 0 Å². The number of hydrogen-bond donors (Lipinski definition) is 1. The van der Waals surface area contributed by atoms with Gasteiger partial charge in [0.1, 0.15) is 5.82 Å². The van der Waals surface area contributed by atoms with E-state index in [0.717, 1.165) is 6.20 Å². The number of likely N-dealkylation sites (tertiary alicyclic amines) is 1. The van der Waals surface area contributed by atoms with E-state index >= 15 is 0 Å². The van der Waals surface area contributed by atoms with Crippen LogP contribution < -0.4 is 10.1 Å². The summed E-state index contributed by atoms with van der Waals surface area (Å²) in [5, 5.41) is 2.92. The van der Waals surface area contributed by atoms with Crippen molar-refractivity contribution >= 4 is 11.8 Å². The predicted octanol–water partition coefficient (Wildman–Crippen LogP) is 1.20. The number of carbonyl (C=O) groups excluding carboxylic acids is 2. The summed E-state index contributed by atoms with van der Waals surface area (Å²) in [6, 6.07) is 8.22. The lowest BCUT2D eigenvalue weighted by molar-refractivity contribution is -0.132. The van der Waals surface area contributed by atoms with E-state index in [9.17, 15) is 14.0 Å². The highest BCUT2D eigenvalue weighted by atomic mass is 19.1. The normalized spacial score (nSPS) is 23.8. The molecule has 0 bridgehead atoms. The van der Waals surface area contributed by atoms with Crippen LogP contribution in [0.5, 0.6) is 5.88 Å². The molecule has 1 spiro atoms. The summed E-state index contributed by atoms with van der Waals surface area (Å²) in [4.78, 5) is 35.0. The van der Waals surface area contributed by atoms with Gasteiger partial charge in [-0.3, -0.25) is 14.6 Å². The SMILES string of the molecule is O=C(Cc1ccc(F)cn1)N1CC[C@]2(C1)C(=O)NC[C@@H]2COc1ccccn1. The molecule has 1 N–H and O–H groups in total. The molecule has 0 aromatic carbocycles. The first-order chi connectivity index (χ1) is 13.6. The largest absolute Gasteiger partial charge is 0.477 e. The Labute approximate surface area is 161 Å². The summed E-state index contributed by atoms with van der Waals surface area (Å²) in [6.07, 6.45) is 3.44. The lowest BCUT2D eigenvalue weighted by Gasteiger charge is -2.28. The number of rotatable bonds is 5. The van der Waals surface area contributed by atoms with E-state index in [1.165, 1.54) is 12.1 Å². The minimum absolute atomic E-state index is 0.0303. The van der Waals surface area contributed by atoms with Gasteiger partial charge in [0.25, 0.3) is 0 Å². The van der Waals surface area contributed by atoms with Gasteiger partial charge >= 0.3 is 0 Å². The number of pyridine rings is 2. The second-order valence-electron chi connectivity index (χ2n) is 7.25. The van der Waals surface area contributed by atoms with Crippen LogP contribution in [0.3, 0.4) is 0 Å². The zero-order chi connectivity index (χ0) is 19.6. The molecule has 2 fully saturated rings. The van der Waals surface area contributed by atoms with Crippen molar-refractivity contribution in [2.75, 3.05) is 26.2 Å². The molecule has 8 heteroatoms. The first-order valence-corrected chi connectivity index (χ1v) is 9.27. The molecule has 0 aliphatic carbocycles. The van der Waals surface area contributed by atoms with Crippen LogP contribution >= 0.6 is 0 Å². The Morgan fingerprint density at radius 1 is 1.32 bits per heavy atom. The Morgan fingerprint density at radius 3 is 2.96 bits per heavy atom. The van der Waals surface area contributed by atoms with Crippen molar-refractivity contribution in [3.05, 3.63) is 54.2 Å². The van der Waals surface area contributed by atoms with E-state index in [1.807, 2.05) is 12.1 Å². The highest BCUT2D eigenvalue weighted by Gasteiger charge is 2.55. The molecule has 2 aromatic heterocycles. The molecule has 2 atom stereocenters. The maximum Gasteiger partial charge on any atom is 0.228 e. The predicted molar refractivity (Wildman–Crippen MR) is 97.8 cm³/mol. The van der Waals surface area contributed by atoms with Crippen LogP contribution in [0.1, 0.15) is 12.1 Å². The van der Waals surface area contributed by atoms with Crippen molar-refractivity contribution in [2.24, 2.45) is 11.3 Å². The third-order valence-electron chi connectivity index (χ3n) is 5.59. The maximum atomic E-state index is 13.0. The second-order valence-corrected chi connectivity index (χ2v) is 7.25. The van der Waals surface area contributed by atoms with Gasteiger partial charge in [0.2, 0.25) is 17.7 Å². The number of nitrogens with one attached hydrogen (secondary N) is 1. The van der Waals surface area contributed by atoms with Gasteiger partial charge < -0.3 is 15.0 Å². The van der Waals surface area contributed by atoms with Gasteiger partial charge in [-0.1, -0.05) is 6.07 Å². The van der Waals surface area contributed by atoms with Gasteiger partial charge in [0.05, 0.1) is 24.6 Å². The first kappa shape index (κ1) is 18.3. The zero-order valence-corrected chi connectivity index (χ0v) is 15.3. The van der Waals surface area contributed by atoms with E-state index in [1.54, 1.807) is 17.2 Å². The van der Waals surface area contributed by atoms with Crippen molar-refractivity contribution in [1.82, 2.24) is 20.2 Å². The number of halogens is 1. The average Bonchev–Trinajstić information content (AvgIpc) is 3.29. The third kappa shape index (κ3) is 3.54. The van der Waals surface area contributed by atoms with E-state index < -0.39 is 11.2 Å². The highest BCUT2D eigenvalue weighted by Crippen LogP contribution is 2.41. The number of nitrogens with zero attached hydrogens (tertiary/aromatic N) is 3. The van der Waals surface area contributed by atoms with Crippen LogP contribution in [0.4, 0.5) is 4.39 Å². The molecule has 2 aliphatic heterocycles. The first-order valence-electron chi connectivity index (χ1n) is 9.27. The number of carbonyl (C=O) groups is 2. The Morgan fingerprint density at radius 2 is 2.21 bits per heavy atom. The molecule has 146 valence electrons. The summed E-state index contributed by atoms with van der Waals surface area (Å²) < 4.78 is 18.8. The molecule has 4 heterocycles. The summed E-state index contributed by atoms with van der Waals surface area (Å²) in [6.45, 7) is 1.74. The van der Waals surface area contributed by atoms with Crippen LogP contribution in [0.2, 0.25) is 0 Å². The third-order valence-corrected chi connectivity index (χ3v) is 5.59. The van der Waals surface area contributed by atoms with Gasteiger partial charge in [-0.05, 0) is 24.6 Å². The van der Waals surface area contributed by atoms with Crippen LogP contribution in [0, 0.1) is 17.2 Å². The van der Waals surface area contributed by atoms with Gasteiger partial charge in [-0.2, -0.15) is 0 Å². The fourth-order valence-electron chi connectivity index (χ4n) is 3.95. The fraction of sp³-hybridized carbons (Fsp3) is 0.400. The monoisotopic (exact) mass is 384 g/mol. The second kappa shape index (κ2) is 7.53. The zero-order valence-electron chi connectivity index (χ0n) is 15.3. The lowest BCUT2D eigenvalue weighted by atomic mass is 9.77. The number of amides is 2. The Kier molecular flexibility index (Phi) is 4.93. The van der Waals surface area contributed by atoms with Crippen LogP contribution in [0.25, 0.3) is 0 Å². The summed E-state index contributed by atoms with van der Waals surface area (Å²) >= 11 is 0. The smallest absolute Gasteiger partial charge is 0.228 e. The van der Waals surface area contributed by atoms with Gasteiger partial charge in [-0.15, -0.1) is 0 Å². The highest BCUT2D eigenvalue weighted by molar-refractivity contribution is 5.88. The van der Waals surface area contributed by atoms with Crippen molar-refractivity contribution in [3.8, 4) is 5.88 Å². The molecule has 7 nitrogen and oxygen atoms in total. The quantitative estimate of drug-likeness (QED) is 0.838. The van der Waals surface area contributed by atoms with Gasteiger partial charge in [-0.25, -0.2) is 9.37 Å². The molecule has 2 saturated heterocycles. The number of hydrogen-bond acceptors (Lipinski definition) is 5. The molecule has 0 saturated carbocycles. The Balaban J connectivity index is 1.41. The summed E-state index contributed by atoms with van der Waals surface area (Å²) in [5.41, 5.74) is -0.126. The Hall–Kier alpha value is -3.03. The van der Waals surface area contributed by atoms with Crippen LogP contribution in [-0.4, -0.2) is 52.9 Å². The Bertz CT molecular complexity index is 862. The van der Waals surface area contributed by atoms with Crippen LogP contribution in [0.15, 0.2) is 42.7 Å².